The van der Waals surface area contributed by atoms with Crippen LogP contribution in [0.4, 0.5) is 0 Å². The first-order valence-corrected chi connectivity index (χ1v) is 4.60. The molecule has 3 N–H and O–H groups in total. The molecular weight excluding hydrogens is 220 g/mol. The molecule has 0 saturated carbocycles. The molecule has 1 amide bonds. The van der Waals surface area contributed by atoms with Gasteiger partial charge in [0.2, 0.25) is 5.91 Å². The number of rotatable bonds is 5. The van der Waals surface area contributed by atoms with Crippen molar-refractivity contribution in [1.29, 1.82) is 0 Å². The predicted molar refractivity (Wildman–Crippen MR) is 53.9 cm³/mol. The van der Waals surface area contributed by atoms with Gasteiger partial charge in [-0.05, 0) is 5.92 Å². The molecule has 0 aromatic carbocycles. The second kappa shape index (κ2) is 5.32. The molecule has 1 unspecified atom stereocenters. The van der Waals surface area contributed by atoms with Gasteiger partial charge in [0.25, 0.3) is 0 Å². The zero-order chi connectivity index (χ0) is 9.72. The number of primary amides is 1. The summed E-state index contributed by atoms with van der Waals surface area (Å²) in [6.07, 6.45) is 0. The minimum Gasteiger partial charge on any atom is -0.368 e. The van der Waals surface area contributed by atoms with Crippen molar-refractivity contribution in [3.8, 4) is 0 Å². The van der Waals surface area contributed by atoms with Crippen molar-refractivity contribution in [3.63, 3.8) is 0 Å². The lowest BCUT2D eigenvalue weighted by Crippen LogP contribution is -2.45. The summed E-state index contributed by atoms with van der Waals surface area (Å²) in [5, 5.41) is 3.00. The normalized spacial score (nSPS) is 13.0. The topological polar surface area (TPSA) is 55.1 Å². The Morgan fingerprint density at radius 2 is 2.17 bits per heavy atom. The smallest absolute Gasteiger partial charge is 0.234 e. The molecule has 3 nitrogen and oxygen atoms in total. The van der Waals surface area contributed by atoms with Gasteiger partial charge in [-0.3, -0.25) is 4.79 Å². The first kappa shape index (κ1) is 11.6. The molecule has 0 fully saturated rings. The summed E-state index contributed by atoms with van der Waals surface area (Å²) in [5.41, 5.74) is 5.18. The van der Waals surface area contributed by atoms with Gasteiger partial charge in [0.05, 0.1) is 6.04 Å². The van der Waals surface area contributed by atoms with Crippen LogP contribution in [-0.2, 0) is 4.79 Å². The molecule has 0 aromatic rings. The molecule has 0 aromatic heterocycles. The predicted octanol–water partition coefficient (Wildman–Crippen LogP) is 0.994. The van der Waals surface area contributed by atoms with Crippen molar-refractivity contribution in [3.05, 3.63) is 11.1 Å². The number of carbonyl (C=O) groups is 1. The maximum absolute atomic E-state index is 10.9. The van der Waals surface area contributed by atoms with Gasteiger partial charge in [0, 0.05) is 11.0 Å². The number of amides is 1. The third-order valence-corrected chi connectivity index (χ3v) is 1.77. The number of carbonyl (C=O) groups excluding carboxylic acids is 1. The van der Waals surface area contributed by atoms with Gasteiger partial charge >= 0.3 is 0 Å². The van der Waals surface area contributed by atoms with Crippen LogP contribution in [0.15, 0.2) is 11.1 Å². The number of nitrogens with one attached hydrogen (secondary N) is 1. The fourth-order valence-electron chi connectivity index (χ4n) is 0.886. The lowest BCUT2D eigenvalue weighted by molar-refractivity contribution is -0.120. The third kappa shape index (κ3) is 4.51. The van der Waals surface area contributed by atoms with E-state index in [9.17, 15) is 4.79 Å². The molecule has 0 heterocycles. The highest BCUT2D eigenvalue weighted by molar-refractivity contribution is 9.11. The molecule has 0 bridgehead atoms. The Hall–Kier alpha value is -0.350. The fourth-order valence-corrected chi connectivity index (χ4v) is 1.05. The highest BCUT2D eigenvalue weighted by atomic mass is 79.9. The van der Waals surface area contributed by atoms with Crippen LogP contribution in [0.2, 0.25) is 0 Å². The van der Waals surface area contributed by atoms with E-state index in [2.05, 4.69) is 27.8 Å². The van der Waals surface area contributed by atoms with Gasteiger partial charge in [-0.25, -0.2) is 0 Å². The number of halogens is 1. The van der Waals surface area contributed by atoms with Gasteiger partial charge in [-0.15, -0.1) is 0 Å². The first-order valence-electron chi connectivity index (χ1n) is 3.81. The average molecular weight is 235 g/mol. The van der Waals surface area contributed by atoms with Crippen molar-refractivity contribution in [2.24, 2.45) is 11.7 Å². The summed E-state index contributed by atoms with van der Waals surface area (Å²) < 4.78 is 0.814. The van der Waals surface area contributed by atoms with E-state index in [1.807, 2.05) is 13.8 Å². The number of nitrogens with two attached hydrogens (primary N) is 1. The van der Waals surface area contributed by atoms with Crippen molar-refractivity contribution in [2.75, 3.05) is 6.54 Å². The van der Waals surface area contributed by atoms with Crippen LogP contribution in [0.1, 0.15) is 13.8 Å². The Kier molecular flexibility index (Phi) is 5.17. The van der Waals surface area contributed by atoms with Gasteiger partial charge in [0.15, 0.2) is 0 Å². The lowest BCUT2D eigenvalue weighted by atomic mass is 10.0. The standard InChI is InChI=1S/C8H15BrN2O/c1-5(2)7(8(10)12)11-4-6(3)9/h5,7,11H,3-4H2,1-2H3,(H2,10,12). The van der Waals surface area contributed by atoms with Crippen LogP contribution in [-0.4, -0.2) is 18.5 Å². The highest BCUT2D eigenvalue weighted by Gasteiger charge is 2.17. The molecular formula is C8H15BrN2O. The van der Waals surface area contributed by atoms with Crippen molar-refractivity contribution in [1.82, 2.24) is 5.32 Å². The molecule has 12 heavy (non-hydrogen) atoms. The van der Waals surface area contributed by atoms with Crippen LogP contribution < -0.4 is 11.1 Å². The molecule has 0 rings (SSSR count). The first-order chi connectivity index (χ1) is 5.45. The van der Waals surface area contributed by atoms with Gasteiger partial charge in [0.1, 0.15) is 0 Å². The van der Waals surface area contributed by atoms with Gasteiger partial charge in [-0.2, -0.15) is 0 Å². The summed E-state index contributed by atoms with van der Waals surface area (Å²) in [5.74, 6) is -0.117. The summed E-state index contributed by atoms with van der Waals surface area (Å²) in [6.45, 7) is 8.10. The van der Waals surface area contributed by atoms with Gasteiger partial charge < -0.3 is 11.1 Å². The van der Waals surface area contributed by atoms with E-state index in [1.165, 1.54) is 0 Å². The van der Waals surface area contributed by atoms with Crippen LogP contribution in [0.3, 0.4) is 0 Å². The SMILES string of the molecule is C=C(Br)CNC(C(N)=O)C(C)C. The van der Waals surface area contributed by atoms with Gasteiger partial charge in [-0.1, -0.05) is 36.4 Å². The molecule has 70 valence electrons. The second-order valence-corrected chi connectivity index (χ2v) is 4.14. The van der Waals surface area contributed by atoms with Crippen molar-refractivity contribution < 1.29 is 4.79 Å². The van der Waals surface area contributed by atoms with E-state index in [0.717, 1.165) is 4.48 Å². The maximum Gasteiger partial charge on any atom is 0.234 e. The highest BCUT2D eigenvalue weighted by Crippen LogP contribution is 2.03. The average Bonchev–Trinajstić information content (AvgIpc) is 1.84. The molecule has 4 heteroatoms. The number of hydrogen-bond donors (Lipinski definition) is 2. The summed E-state index contributed by atoms with van der Waals surface area (Å²) >= 11 is 3.19. The largest absolute Gasteiger partial charge is 0.368 e. The number of hydrogen-bond acceptors (Lipinski definition) is 2. The van der Waals surface area contributed by atoms with E-state index in [0.29, 0.717) is 6.54 Å². The quantitative estimate of drug-likeness (QED) is 0.746. The molecule has 0 aliphatic carbocycles. The fraction of sp³-hybridized carbons (Fsp3) is 0.625. The van der Waals surface area contributed by atoms with E-state index in [4.69, 9.17) is 5.73 Å². The third-order valence-electron chi connectivity index (χ3n) is 1.49. The summed E-state index contributed by atoms with van der Waals surface area (Å²) in [7, 11) is 0. The molecule has 0 aliphatic rings. The molecule has 0 aliphatic heterocycles. The van der Waals surface area contributed by atoms with E-state index < -0.39 is 0 Å². The Balaban J connectivity index is 3.97. The molecule has 1 atom stereocenters. The van der Waals surface area contributed by atoms with E-state index in [1.54, 1.807) is 0 Å². The van der Waals surface area contributed by atoms with Crippen molar-refractivity contribution >= 4 is 21.8 Å². The molecule has 0 saturated heterocycles. The minimum absolute atomic E-state index is 0.203. The van der Waals surface area contributed by atoms with E-state index >= 15 is 0 Å². The monoisotopic (exact) mass is 234 g/mol. The van der Waals surface area contributed by atoms with Crippen LogP contribution in [0.25, 0.3) is 0 Å². The van der Waals surface area contributed by atoms with Crippen LogP contribution in [0.5, 0.6) is 0 Å². The minimum atomic E-state index is -0.321. The van der Waals surface area contributed by atoms with E-state index in [-0.39, 0.29) is 17.9 Å². The Bertz CT molecular complexity index is 180. The van der Waals surface area contributed by atoms with Crippen LogP contribution >= 0.6 is 15.9 Å². The summed E-state index contributed by atoms with van der Waals surface area (Å²) in [4.78, 5) is 10.9. The molecule has 0 radical (unpaired) electrons. The Morgan fingerprint density at radius 1 is 1.67 bits per heavy atom. The maximum atomic E-state index is 10.9. The lowest BCUT2D eigenvalue weighted by Gasteiger charge is -2.18. The van der Waals surface area contributed by atoms with Crippen molar-refractivity contribution in [2.45, 2.75) is 19.9 Å². The van der Waals surface area contributed by atoms with Crippen LogP contribution in [0, 0.1) is 5.92 Å². The second-order valence-electron chi connectivity index (χ2n) is 3.02. The zero-order valence-electron chi connectivity index (χ0n) is 7.43. The zero-order valence-corrected chi connectivity index (χ0v) is 9.02. The molecule has 0 spiro atoms. The Morgan fingerprint density at radius 3 is 2.42 bits per heavy atom. The Labute approximate surface area is 81.5 Å². The summed E-state index contributed by atoms with van der Waals surface area (Å²) in [6, 6.07) is -0.278.